The van der Waals surface area contributed by atoms with E-state index in [1.165, 1.54) is 0 Å². The Morgan fingerprint density at radius 2 is 2.00 bits per heavy atom. The Labute approximate surface area is 72.0 Å². The van der Waals surface area contributed by atoms with Gasteiger partial charge in [-0.1, -0.05) is 6.92 Å². The molecule has 0 radical (unpaired) electrons. The van der Waals surface area contributed by atoms with Crippen LogP contribution in [0.15, 0.2) is 0 Å². The topological polar surface area (TPSA) is 69.2 Å². The van der Waals surface area contributed by atoms with Gasteiger partial charge in [-0.05, 0) is 19.8 Å². The largest absolute Gasteiger partial charge is 0.550 e. The Morgan fingerprint density at radius 3 is 2.42 bits per heavy atom. The van der Waals surface area contributed by atoms with Gasteiger partial charge in [0.1, 0.15) is 0 Å². The molecule has 0 aliphatic rings. The third kappa shape index (κ3) is 5.70. The lowest BCUT2D eigenvalue weighted by Crippen LogP contribution is -2.33. The number of nitrogens with one attached hydrogen (secondary N) is 1. The Hall–Kier alpha value is -1.06. The van der Waals surface area contributed by atoms with Crippen LogP contribution in [0.3, 0.4) is 0 Å². The molecule has 0 saturated carbocycles. The number of rotatable bonds is 5. The number of aliphatic carboxylic acids is 1. The Kier molecular flexibility index (Phi) is 5.08. The van der Waals surface area contributed by atoms with Crippen LogP contribution in [0, 0.1) is 0 Å². The number of hydrogen-bond donors (Lipinski definition) is 1. The molecule has 1 N–H and O–H groups in total. The van der Waals surface area contributed by atoms with Crippen LogP contribution in [0.1, 0.15) is 33.1 Å². The van der Waals surface area contributed by atoms with Crippen LogP contribution in [0.2, 0.25) is 0 Å². The Bertz CT molecular complexity index is 168. The van der Waals surface area contributed by atoms with E-state index in [0.29, 0.717) is 0 Å². The zero-order chi connectivity index (χ0) is 9.56. The highest BCUT2D eigenvalue weighted by atomic mass is 16.4. The van der Waals surface area contributed by atoms with E-state index in [1.807, 2.05) is 13.8 Å². The smallest absolute Gasteiger partial charge is 0.220 e. The SMILES string of the molecule is CC[C@H](C)NC(=O)CCC(=O)[O-]. The van der Waals surface area contributed by atoms with E-state index < -0.39 is 5.97 Å². The van der Waals surface area contributed by atoms with Gasteiger partial charge >= 0.3 is 0 Å². The third-order valence-corrected chi connectivity index (χ3v) is 1.58. The molecule has 4 nitrogen and oxygen atoms in total. The molecule has 0 spiro atoms. The van der Waals surface area contributed by atoms with Crippen LogP contribution in [0.5, 0.6) is 0 Å². The molecule has 70 valence electrons. The average molecular weight is 172 g/mol. The number of carbonyl (C=O) groups excluding carboxylic acids is 2. The highest BCUT2D eigenvalue weighted by Gasteiger charge is 2.04. The minimum atomic E-state index is -1.19. The molecule has 1 amide bonds. The molecule has 0 rings (SSSR count). The summed E-state index contributed by atoms with van der Waals surface area (Å²) >= 11 is 0. The van der Waals surface area contributed by atoms with Gasteiger partial charge in [-0.2, -0.15) is 0 Å². The predicted molar refractivity (Wildman–Crippen MR) is 42.1 cm³/mol. The molecule has 0 aliphatic carbocycles. The van der Waals surface area contributed by atoms with Crippen LogP contribution in [0.4, 0.5) is 0 Å². The molecular weight excluding hydrogens is 158 g/mol. The second-order valence-corrected chi connectivity index (χ2v) is 2.75. The quantitative estimate of drug-likeness (QED) is 0.603. The zero-order valence-corrected chi connectivity index (χ0v) is 7.42. The summed E-state index contributed by atoms with van der Waals surface area (Å²) in [7, 11) is 0. The van der Waals surface area contributed by atoms with Gasteiger partial charge in [0.2, 0.25) is 5.91 Å². The van der Waals surface area contributed by atoms with Crippen LogP contribution in [0.25, 0.3) is 0 Å². The number of carboxylic acid groups (broad SMARTS) is 1. The molecule has 0 aliphatic heterocycles. The molecule has 0 saturated heterocycles. The van der Waals surface area contributed by atoms with Crippen LogP contribution >= 0.6 is 0 Å². The molecule has 12 heavy (non-hydrogen) atoms. The van der Waals surface area contributed by atoms with E-state index in [2.05, 4.69) is 5.32 Å². The normalized spacial score (nSPS) is 12.2. The van der Waals surface area contributed by atoms with Gasteiger partial charge in [0.15, 0.2) is 0 Å². The van der Waals surface area contributed by atoms with Crippen molar-refractivity contribution in [1.29, 1.82) is 0 Å². The number of hydrogen-bond acceptors (Lipinski definition) is 3. The fourth-order valence-corrected chi connectivity index (χ4v) is 0.665. The van der Waals surface area contributed by atoms with Crippen LogP contribution < -0.4 is 10.4 Å². The first-order valence-electron chi connectivity index (χ1n) is 4.05. The van der Waals surface area contributed by atoms with Crippen molar-refractivity contribution in [2.45, 2.75) is 39.2 Å². The van der Waals surface area contributed by atoms with Gasteiger partial charge in [0.05, 0.1) is 0 Å². The molecule has 0 fully saturated rings. The minimum absolute atomic E-state index is 0.00662. The lowest BCUT2D eigenvalue weighted by atomic mass is 10.2. The maximum Gasteiger partial charge on any atom is 0.220 e. The van der Waals surface area contributed by atoms with Crippen molar-refractivity contribution < 1.29 is 14.7 Å². The summed E-state index contributed by atoms with van der Waals surface area (Å²) in [5.41, 5.74) is 0. The van der Waals surface area contributed by atoms with E-state index in [4.69, 9.17) is 0 Å². The summed E-state index contributed by atoms with van der Waals surface area (Å²) in [5, 5.41) is 12.6. The summed E-state index contributed by atoms with van der Waals surface area (Å²) in [6.45, 7) is 3.82. The van der Waals surface area contributed by atoms with Gasteiger partial charge in [-0.15, -0.1) is 0 Å². The Balaban J connectivity index is 3.53. The first-order valence-corrected chi connectivity index (χ1v) is 4.05. The molecule has 0 unspecified atom stereocenters. The fourth-order valence-electron chi connectivity index (χ4n) is 0.665. The van der Waals surface area contributed by atoms with E-state index >= 15 is 0 Å². The van der Waals surface area contributed by atoms with Crippen molar-refractivity contribution >= 4 is 11.9 Å². The second-order valence-electron chi connectivity index (χ2n) is 2.75. The molecule has 4 heteroatoms. The van der Waals surface area contributed by atoms with Gasteiger partial charge in [-0.3, -0.25) is 4.79 Å². The van der Waals surface area contributed by atoms with Gasteiger partial charge < -0.3 is 15.2 Å². The first kappa shape index (κ1) is 10.9. The maximum atomic E-state index is 10.9. The average Bonchev–Trinajstić information content (AvgIpc) is 2.00. The lowest BCUT2D eigenvalue weighted by Gasteiger charge is -2.10. The summed E-state index contributed by atoms with van der Waals surface area (Å²) in [5.74, 6) is -1.41. The van der Waals surface area contributed by atoms with Gasteiger partial charge in [0.25, 0.3) is 0 Å². The van der Waals surface area contributed by atoms with Crippen molar-refractivity contribution in [1.82, 2.24) is 5.32 Å². The first-order chi connectivity index (χ1) is 5.56. The summed E-state index contributed by atoms with van der Waals surface area (Å²) in [6, 6.07) is 0.110. The van der Waals surface area contributed by atoms with Crippen molar-refractivity contribution in [2.24, 2.45) is 0 Å². The summed E-state index contributed by atoms with van der Waals surface area (Å²) < 4.78 is 0. The Morgan fingerprint density at radius 1 is 1.42 bits per heavy atom. The minimum Gasteiger partial charge on any atom is -0.550 e. The molecule has 0 aromatic carbocycles. The molecule has 0 aromatic rings. The number of carboxylic acids is 1. The van der Waals surface area contributed by atoms with Crippen molar-refractivity contribution in [3.05, 3.63) is 0 Å². The fraction of sp³-hybridized carbons (Fsp3) is 0.750. The van der Waals surface area contributed by atoms with Crippen LogP contribution in [-0.4, -0.2) is 17.9 Å². The molecule has 0 bridgehead atoms. The number of amides is 1. The van der Waals surface area contributed by atoms with Crippen molar-refractivity contribution in [3.63, 3.8) is 0 Å². The van der Waals surface area contributed by atoms with E-state index in [1.54, 1.807) is 0 Å². The monoisotopic (exact) mass is 172 g/mol. The van der Waals surface area contributed by atoms with Crippen molar-refractivity contribution in [3.8, 4) is 0 Å². The number of carbonyl (C=O) groups is 2. The standard InChI is InChI=1S/C8H15NO3/c1-3-6(2)9-7(10)4-5-8(11)12/h6H,3-5H2,1-2H3,(H,9,10)(H,11,12)/p-1/t6-/m0/s1. The summed E-state index contributed by atoms with van der Waals surface area (Å²) in [6.07, 6.45) is 0.645. The maximum absolute atomic E-state index is 10.9. The lowest BCUT2D eigenvalue weighted by molar-refractivity contribution is -0.305. The molecule has 1 atom stereocenters. The molecule has 0 aromatic heterocycles. The highest BCUT2D eigenvalue weighted by Crippen LogP contribution is 1.91. The third-order valence-electron chi connectivity index (χ3n) is 1.58. The van der Waals surface area contributed by atoms with Crippen molar-refractivity contribution in [2.75, 3.05) is 0 Å². The van der Waals surface area contributed by atoms with Crippen LogP contribution in [-0.2, 0) is 9.59 Å². The molecular formula is C8H14NO3-. The molecule has 0 heterocycles. The van der Waals surface area contributed by atoms with E-state index in [0.717, 1.165) is 6.42 Å². The second kappa shape index (κ2) is 5.57. The highest BCUT2D eigenvalue weighted by molar-refractivity contribution is 5.80. The predicted octanol–water partition coefficient (Wildman–Crippen LogP) is -0.569. The summed E-state index contributed by atoms with van der Waals surface area (Å²) in [4.78, 5) is 20.9. The van der Waals surface area contributed by atoms with Gasteiger partial charge in [-0.25, -0.2) is 0 Å². The van der Waals surface area contributed by atoms with Gasteiger partial charge in [0, 0.05) is 18.4 Å². The zero-order valence-electron chi connectivity index (χ0n) is 7.42. The van der Waals surface area contributed by atoms with E-state index in [9.17, 15) is 14.7 Å². The van der Waals surface area contributed by atoms with E-state index in [-0.39, 0.29) is 24.8 Å².